The third-order valence-electron chi connectivity index (χ3n) is 5.16. The second-order valence-electron chi connectivity index (χ2n) is 7.14. The minimum atomic E-state index is -4.02. The number of halogens is 2. The largest absolute Gasteiger partial charge is 0.505 e. The van der Waals surface area contributed by atoms with Crippen LogP contribution in [0.15, 0.2) is 76.0 Å². The second-order valence-corrected chi connectivity index (χ2v) is 9.08. The standard InChI is InChI=1S/C23H14ClFN2O3S/c24-18-7-3-6-17-20(27-31(29,30)23(17)18)21-22(28)16-5-2-1-4-15(16)19(26-21)12-13-8-10-14(25)11-9-13/h1-11,28H,12H2. The highest BCUT2D eigenvalue weighted by molar-refractivity contribution is 7.91. The maximum atomic E-state index is 13.3. The Morgan fingerprint density at radius 1 is 0.935 bits per heavy atom. The molecule has 31 heavy (non-hydrogen) atoms. The van der Waals surface area contributed by atoms with Crippen LogP contribution in [0.3, 0.4) is 0 Å². The van der Waals surface area contributed by atoms with Gasteiger partial charge in [-0.05, 0) is 23.8 Å². The van der Waals surface area contributed by atoms with Gasteiger partial charge in [0.05, 0.1) is 10.7 Å². The first-order valence-corrected chi connectivity index (χ1v) is 11.2. The first-order valence-electron chi connectivity index (χ1n) is 9.34. The fourth-order valence-corrected chi connectivity index (χ4v) is 5.50. The lowest BCUT2D eigenvalue weighted by molar-refractivity contribution is 0.477. The quantitative estimate of drug-likeness (QED) is 0.481. The smallest absolute Gasteiger partial charge is 0.285 e. The van der Waals surface area contributed by atoms with Gasteiger partial charge in [-0.3, -0.25) is 0 Å². The minimum Gasteiger partial charge on any atom is -0.505 e. The zero-order valence-corrected chi connectivity index (χ0v) is 17.5. The molecule has 8 heteroatoms. The van der Waals surface area contributed by atoms with Gasteiger partial charge in [0.15, 0.2) is 5.75 Å². The monoisotopic (exact) mass is 452 g/mol. The molecule has 5 rings (SSSR count). The van der Waals surface area contributed by atoms with Crippen LogP contribution in [0.1, 0.15) is 22.5 Å². The molecule has 1 aliphatic heterocycles. The first kappa shape index (κ1) is 19.7. The topological polar surface area (TPSA) is 79.6 Å². The van der Waals surface area contributed by atoms with Gasteiger partial charge in [0.1, 0.15) is 22.1 Å². The Labute approximate surface area is 182 Å². The Hall–Kier alpha value is -3.29. The van der Waals surface area contributed by atoms with Crippen molar-refractivity contribution < 1.29 is 17.9 Å². The minimum absolute atomic E-state index is 0.0427. The van der Waals surface area contributed by atoms with E-state index in [4.69, 9.17) is 11.6 Å². The molecule has 4 aromatic rings. The lowest BCUT2D eigenvalue weighted by atomic mass is 9.99. The van der Waals surface area contributed by atoms with Crippen LogP contribution < -0.4 is 0 Å². The van der Waals surface area contributed by atoms with Crippen molar-refractivity contribution in [3.05, 3.63) is 100 Å². The number of rotatable bonds is 3. The highest BCUT2D eigenvalue weighted by atomic mass is 35.5. The van der Waals surface area contributed by atoms with Gasteiger partial charge in [-0.2, -0.15) is 12.8 Å². The molecule has 0 spiro atoms. The normalized spacial score (nSPS) is 14.5. The van der Waals surface area contributed by atoms with Gasteiger partial charge >= 0.3 is 0 Å². The molecule has 0 atom stereocenters. The van der Waals surface area contributed by atoms with Crippen molar-refractivity contribution in [2.75, 3.05) is 0 Å². The summed E-state index contributed by atoms with van der Waals surface area (Å²) in [5, 5.41) is 12.3. The maximum Gasteiger partial charge on any atom is 0.285 e. The van der Waals surface area contributed by atoms with E-state index < -0.39 is 10.0 Å². The number of pyridine rings is 1. The molecule has 1 aromatic heterocycles. The number of nitrogens with zero attached hydrogens (tertiary/aromatic N) is 2. The van der Waals surface area contributed by atoms with Crippen LogP contribution in [0.2, 0.25) is 5.02 Å². The summed E-state index contributed by atoms with van der Waals surface area (Å²) in [6.07, 6.45) is 0.358. The van der Waals surface area contributed by atoms with Gasteiger partial charge in [0.25, 0.3) is 10.0 Å². The first-order chi connectivity index (χ1) is 14.8. The zero-order chi connectivity index (χ0) is 21.8. The van der Waals surface area contributed by atoms with Crippen LogP contribution in [-0.4, -0.2) is 24.2 Å². The molecule has 154 valence electrons. The molecule has 5 nitrogen and oxygen atoms in total. The summed E-state index contributed by atoms with van der Waals surface area (Å²) in [7, 11) is -4.02. The van der Waals surface area contributed by atoms with Gasteiger partial charge in [0, 0.05) is 22.8 Å². The van der Waals surface area contributed by atoms with Crippen molar-refractivity contribution in [3.63, 3.8) is 0 Å². The van der Waals surface area contributed by atoms with E-state index in [9.17, 15) is 17.9 Å². The Balaban J connectivity index is 1.75. The summed E-state index contributed by atoms with van der Waals surface area (Å²) in [5.41, 5.74) is 1.81. The molecule has 0 aliphatic carbocycles. The van der Waals surface area contributed by atoms with Crippen LogP contribution in [-0.2, 0) is 16.4 Å². The van der Waals surface area contributed by atoms with Crippen molar-refractivity contribution in [2.45, 2.75) is 11.3 Å². The molecule has 0 fully saturated rings. The number of aromatic nitrogens is 1. The molecule has 2 heterocycles. The average molecular weight is 453 g/mol. The van der Waals surface area contributed by atoms with E-state index in [0.717, 1.165) is 5.56 Å². The fourth-order valence-electron chi connectivity index (χ4n) is 3.76. The fraction of sp³-hybridized carbons (Fsp3) is 0.0435. The summed E-state index contributed by atoms with van der Waals surface area (Å²) in [4.78, 5) is 4.52. The van der Waals surface area contributed by atoms with Crippen molar-refractivity contribution in [1.82, 2.24) is 4.98 Å². The Kier molecular flexibility index (Phi) is 4.53. The summed E-state index contributed by atoms with van der Waals surface area (Å²) in [6.45, 7) is 0. The van der Waals surface area contributed by atoms with E-state index in [0.29, 0.717) is 28.5 Å². The third kappa shape index (κ3) is 3.26. The van der Waals surface area contributed by atoms with Gasteiger partial charge in [-0.25, -0.2) is 9.37 Å². The maximum absolute atomic E-state index is 13.3. The number of benzene rings is 3. The molecule has 0 radical (unpaired) electrons. The number of hydrogen-bond donors (Lipinski definition) is 1. The molecule has 1 aliphatic rings. The van der Waals surface area contributed by atoms with Gasteiger partial charge in [0.2, 0.25) is 0 Å². The molecule has 0 unspecified atom stereocenters. The van der Waals surface area contributed by atoms with Crippen LogP contribution >= 0.6 is 11.6 Å². The van der Waals surface area contributed by atoms with Crippen molar-refractivity contribution in [2.24, 2.45) is 4.40 Å². The summed E-state index contributed by atoms with van der Waals surface area (Å²) >= 11 is 6.13. The van der Waals surface area contributed by atoms with Gasteiger partial charge in [-0.15, -0.1) is 0 Å². The van der Waals surface area contributed by atoms with E-state index in [1.165, 1.54) is 18.2 Å². The molecule has 0 bridgehead atoms. The van der Waals surface area contributed by atoms with Crippen LogP contribution in [0.5, 0.6) is 5.75 Å². The highest BCUT2D eigenvalue weighted by Gasteiger charge is 2.34. The van der Waals surface area contributed by atoms with Crippen LogP contribution in [0.25, 0.3) is 10.8 Å². The summed E-state index contributed by atoms with van der Waals surface area (Å²) in [6, 6.07) is 17.9. The Bertz CT molecular complexity index is 1500. The Morgan fingerprint density at radius 3 is 2.39 bits per heavy atom. The van der Waals surface area contributed by atoms with E-state index in [-0.39, 0.29) is 32.9 Å². The molecular weight excluding hydrogens is 439 g/mol. The van der Waals surface area contributed by atoms with E-state index in [1.807, 2.05) is 12.1 Å². The predicted molar refractivity (Wildman–Crippen MR) is 117 cm³/mol. The molecule has 0 amide bonds. The van der Waals surface area contributed by atoms with E-state index in [1.54, 1.807) is 36.4 Å². The molecule has 1 N–H and O–H groups in total. The van der Waals surface area contributed by atoms with Crippen molar-refractivity contribution in [3.8, 4) is 5.75 Å². The Morgan fingerprint density at radius 2 is 1.65 bits per heavy atom. The average Bonchev–Trinajstić information content (AvgIpc) is 3.03. The van der Waals surface area contributed by atoms with Crippen LogP contribution in [0.4, 0.5) is 4.39 Å². The van der Waals surface area contributed by atoms with E-state index in [2.05, 4.69) is 9.38 Å². The summed E-state index contributed by atoms with van der Waals surface area (Å²) < 4.78 is 42.4. The second kappa shape index (κ2) is 7.14. The third-order valence-corrected chi connectivity index (χ3v) is 6.97. The highest BCUT2D eigenvalue weighted by Crippen LogP contribution is 2.38. The lowest BCUT2D eigenvalue weighted by Gasteiger charge is -2.13. The van der Waals surface area contributed by atoms with Crippen molar-refractivity contribution >= 4 is 38.1 Å². The molecule has 0 saturated carbocycles. The molecular formula is C23H14ClFN2O3S. The molecule has 0 saturated heterocycles. The van der Waals surface area contributed by atoms with Crippen molar-refractivity contribution in [1.29, 1.82) is 0 Å². The lowest BCUT2D eigenvalue weighted by Crippen LogP contribution is -2.08. The van der Waals surface area contributed by atoms with Gasteiger partial charge in [-0.1, -0.05) is 60.1 Å². The van der Waals surface area contributed by atoms with Gasteiger partial charge < -0.3 is 5.11 Å². The molecule has 3 aromatic carbocycles. The van der Waals surface area contributed by atoms with E-state index >= 15 is 0 Å². The number of fused-ring (bicyclic) bond motifs is 2. The predicted octanol–water partition coefficient (Wildman–Crippen LogP) is 4.86. The zero-order valence-electron chi connectivity index (χ0n) is 15.9. The summed E-state index contributed by atoms with van der Waals surface area (Å²) in [5.74, 6) is -0.507. The SMILES string of the molecule is O=S1(=O)N=C(c2nc(Cc3ccc(F)cc3)c3ccccc3c2O)c2cccc(Cl)c21. The number of sulfonamides is 1. The number of aromatic hydroxyl groups is 1. The number of hydrogen-bond acceptors (Lipinski definition) is 4. The van der Waals surface area contributed by atoms with Crippen LogP contribution in [0, 0.1) is 5.82 Å².